The number of nitrogens with zero attached hydrogens (tertiary/aromatic N) is 1. The van der Waals surface area contributed by atoms with Crippen LogP contribution in [-0.2, 0) is 11.0 Å². The van der Waals surface area contributed by atoms with E-state index < -0.39 is 11.0 Å². The van der Waals surface area contributed by atoms with Gasteiger partial charge in [0.2, 0.25) is 0 Å². The smallest absolute Gasteiger partial charge is 0.138 e. The molecule has 130 valence electrons. The van der Waals surface area contributed by atoms with Crippen molar-refractivity contribution in [2.75, 3.05) is 0 Å². The highest BCUT2D eigenvalue weighted by Crippen LogP contribution is 2.28. The number of hydrogen-bond donors (Lipinski definition) is 2. The summed E-state index contributed by atoms with van der Waals surface area (Å²) in [5.41, 5.74) is 4.27. The van der Waals surface area contributed by atoms with Gasteiger partial charge < -0.3 is 4.98 Å². The van der Waals surface area contributed by atoms with Crippen molar-refractivity contribution in [3.05, 3.63) is 48.3 Å². The van der Waals surface area contributed by atoms with Crippen molar-refractivity contribution in [3.8, 4) is 11.1 Å². The van der Waals surface area contributed by atoms with Crippen molar-refractivity contribution in [2.45, 2.75) is 50.0 Å². The second-order valence-corrected chi connectivity index (χ2v) is 8.06. The molecule has 0 aliphatic heterocycles. The second kappa shape index (κ2) is 7.10. The fraction of sp³-hybridized carbons (Fsp3) is 0.350. The Morgan fingerprint density at radius 3 is 2.64 bits per heavy atom. The Balaban J connectivity index is 1.56. The maximum absolute atomic E-state index is 12.6. The first-order chi connectivity index (χ1) is 12.2. The molecule has 25 heavy (non-hydrogen) atoms. The highest BCUT2D eigenvalue weighted by Gasteiger charge is 2.16. The number of aryl methyl sites for hydroxylation is 1. The normalized spacial score (nSPS) is 17.0. The van der Waals surface area contributed by atoms with E-state index in [0.717, 1.165) is 45.6 Å². The number of nitrogens with one attached hydrogen (secondary N) is 2. The highest BCUT2D eigenvalue weighted by atomic mass is 32.2. The zero-order chi connectivity index (χ0) is 17.2. The van der Waals surface area contributed by atoms with Gasteiger partial charge in [-0.05, 0) is 55.2 Å². The lowest BCUT2D eigenvalue weighted by Crippen LogP contribution is -2.32. The lowest BCUT2D eigenvalue weighted by atomic mass is 9.96. The fourth-order valence-corrected chi connectivity index (χ4v) is 4.67. The first kappa shape index (κ1) is 16.5. The van der Waals surface area contributed by atoms with Crippen LogP contribution in [0.1, 0.15) is 37.8 Å². The molecule has 2 aromatic heterocycles. The summed E-state index contributed by atoms with van der Waals surface area (Å²) in [4.78, 5) is 8.50. The molecule has 2 heterocycles. The molecule has 0 bridgehead atoms. The Morgan fingerprint density at radius 2 is 1.88 bits per heavy atom. The molecule has 0 amide bonds. The maximum Gasteiger partial charge on any atom is 0.138 e. The summed E-state index contributed by atoms with van der Waals surface area (Å²) in [5.74, 6) is 0. The molecule has 1 saturated carbocycles. The van der Waals surface area contributed by atoms with E-state index in [4.69, 9.17) is 0 Å². The van der Waals surface area contributed by atoms with Gasteiger partial charge in [-0.2, -0.15) is 0 Å². The van der Waals surface area contributed by atoms with Gasteiger partial charge in [-0.1, -0.05) is 31.4 Å². The Bertz CT molecular complexity index is 895. The number of H-pyrrole nitrogens is 1. The number of pyridine rings is 1. The lowest BCUT2D eigenvalue weighted by Gasteiger charge is -2.22. The summed E-state index contributed by atoms with van der Waals surface area (Å²) in [6.45, 7) is 2.04. The average molecular weight is 353 g/mol. The van der Waals surface area contributed by atoms with Crippen molar-refractivity contribution in [2.24, 2.45) is 0 Å². The Labute approximate surface area is 150 Å². The minimum Gasteiger partial charge on any atom is -0.344 e. The largest absolute Gasteiger partial charge is 0.344 e. The van der Waals surface area contributed by atoms with Gasteiger partial charge in [0.15, 0.2) is 0 Å². The predicted octanol–water partition coefficient (Wildman–Crippen LogP) is 4.48. The number of rotatable bonds is 4. The molecule has 3 aromatic rings. The third kappa shape index (κ3) is 3.53. The summed E-state index contributed by atoms with van der Waals surface area (Å²) >= 11 is 0. The van der Waals surface area contributed by atoms with E-state index in [1.54, 1.807) is 0 Å². The zero-order valence-electron chi connectivity index (χ0n) is 14.4. The van der Waals surface area contributed by atoms with Crippen LogP contribution in [0.4, 0.5) is 0 Å². The van der Waals surface area contributed by atoms with Crippen LogP contribution in [0.5, 0.6) is 0 Å². The van der Waals surface area contributed by atoms with Crippen molar-refractivity contribution in [1.29, 1.82) is 0 Å². The van der Waals surface area contributed by atoms with Crippen LogP contribution in [0.2, 0.25) is 0 Å². The number of hydrogen-bond acceptors (Lipinski definition) is 2. The third-order valence-corrected chi connectivity index (χ3v) is 6.17. The number of aromatic nitrogens is 2. The molecular formula is C20H23N3OS. The van der Waals surface area contributed by atoms with Crippen LogP contribution >= 0.6 is 0 Å². The van der Waals surface area contributed by atoms with Crippen LogP contribution in [0.25, 0.3) is 22.2 Å². The standard InChI is InChI=1S/C20H23N3OS/c1-14-13-19-18(11-12-21-20(19)22-14)15-7-9-17(10-8-15)25(24)23-16-5-3-2-4-6-16/h7-13,16,23H,2-6H2,1H3,(H,21,22). The number of benzene rings is 1. The highest BCUT2D eigenvalue weighted by molar-refractivity contribution is 7.83. The van der Waals surface area contributed by atoms with Crippen LogP contribution < -0.4 is 4.72 Å². The van der Waals surface area contributed by atoms with Crippen LogP contribution in [0.15, 0.2) is 47.5 Å². The maximum atomic E-state index is 12.6. The van der Waals surface area contributed by atoms with Crippen molar-refractivity contribution in [1.82, 2.24) is 14.7 Å². The topological polar surface area (TPSA) is 57.8 Å². The molecular weight excluding hydrogens is 330 g/mol. The zero-order valence-corrected chi connectivity index (χ0v) is 15.2. The van der Waals surface area contributed by atoms with Gasteiger partial charge in [0.1, 0.15) is 16.6 Å². The van der Waals surface area contributed by atoms with Gasteiger partial charge in [-0.3, -0.25) is 0 Å². The first-order valence-electron chi connectivity index (χ1n) is 8.93. The summed E-state index contributed by atoms with van der Waals surface area (Å²) < 4.78 is 15.8. The molecule has 1 unspecified atom stereocenters. The molecule has 2 N–H and O–H groups in total. The SMILES string of the molecule is Cc1cc2c(-c3ccc(S(=O)NC4CCCCC4)cc3)ccnc2[nH]1. The minimum atomic E-state index is -1.14. The molecule has 0 saturated heterocycles. The van der Waals surface area contributed by atoms with Gasteiger partial charge >= 0.3 is 0 Å². The Kier molecular flexibility index (Phi) is 4.68. The van der Waals surface area contributed by atoms with Crippen molar-refractivity contribution >= 4 is 22.0 Å². The molecule has 4 nitrogen and oxygen atoms in total. The first-order valence-corrected chi connectivity index (χ1v) is 10.1. The molecule has 0 radical (unpaired) electrons. The molecule has 1 atom stereocenters. The monoisotopic (exact) mass is 353 g/mol. The number of aromatic amines is 1. The molecule has 1 aromatic carbocycles. The Hall–Kier alpha value is -1.98. The summed E-state index contributed by atoms with van der Waals surface area (Å²) in [6, 6.07) is 12.6. The van der Waals surface area contributed by atoms with E-state index in [0.29, 0.717) is 6.04 Å². The average Bonchev–Trinajstić information content (AvgIpc) is 3.03. The van der Waals surface area contributed by atoms with Crippen molar-refractivity contribution < 1.29 is 4.21 Å². The molecule has 5 heteroatoms. The molecule has 1 aliphatic rings. The van der Waals surface area contributed by atoms with E-state index in [-0.39, 0.29) is 0 Å². The van der Waals surface area contributed by atoms with E-state index in [1.807, 2.05) is 43.5 Å². The van der Waals surface area contributed by atoms with Crippen LogP contribution in [0.3, 0.4) is 0 Å². The van der Waals surface area contributed by atoms with E-state index in [9.17, 15) is 4.21 Å². The fourth-order valence-electron chi connectivity index (χ4n) is 3.61. The lowest BCUT2D eigenvalue weighted by molar-refractivity contribution is 0.419. The van der Waals surface area contributed by atoms with Crippen LogP contribution in [-0.4, -0.2) is 20.2 Å². The second-order valence-electron chi connectivity index (χ2n) is 6.82. The molecule has 1 aliphatic carbocycles. The van der Waals surface area contributed by atoms with Gasteiger partial charge in [-0.15, -0.1) is 0 Å². The summed E-state index contributed by atoms with van der Waals surface area (Å²) in [7, 11) is -1.14. The quantitative estimate of drug-likeness (QED) is 0.726. The van der Waals surface area contributed by atoms with Gasteiger partial charge in [0.05, 0.1) is 4.90 Å². The Morgan fingerprint density at radius 1 is 1.12 bits per heavy atom. The number of fused-ring (bicyclic) bond motifs is 1. The van der Waals surface area contributed by atoms with E-state index >= 15 is 0 Å². The van der Waals surface area contributed by atoms with Gasteiger partial charge in [0, 0.05) is 23.3 Å². The predicted molar refractivity (Wildman–Crippen MR) is 103 cm³/mol. The third-order valence-electron chi connectivity index (χ3n) is 4.92. The van der Waals surface area contributed by atoms with E-state index in [2.05, 4.69) is 20.8 Å². The summed E-state index contributed by atoms with van der Waals surface area (Å²) in [5, 5.41) is 1.12. The minimum absolute atomic E-state index is 0.386. The molecule has 4 rings (SSSR count). The summed E-state index contributed by atoms with van der Waals surface area (Å²) in [6.07, 6.45) is 7.87. The molecule has 1 fully saturated rings. The molecule has 0 spiro atoms. The van der Waals surface area contributed by atoms with Gasteiger partial charge in [0.25, 0.3) is 0 Å². The van der Waals surface area contributed by atoms with E-state index in [1.165, 1.54) is 19.3 Å². The van der Waals surface area contributed by atoms with Crippen molar-refractivity contribution in [3.63, 3.8) is 0 Å². The van der Waals surface area contributed by atoms with Gasteiger partial charge in [-0.25, -0.2) is 13.9 Å². The van der Waals surface area contributed by atoms with Crippen LogP contribution in [0, 0.1) is 6.92 Å².